The second kappa shape index (κ2) is 10.4. The zero-order chi connectivity index (χ0) is 24.2. The fourth-order valence-corrected chi connectivity index (χ4v) is 4.82. The van der Waals surface area contributed by atoms with Crippen LogP contribution < -0.4 is 10.1 Å². The van der Waals surface area contributed by atoms with Crippen LogP contribution in [0.15, 0.2) is 65.6 Å². The van der Waals surface area contributed by atoms with E-state index in [4.69, 9.17) is 16.3 Å². The number of methoxy groups -OCH3 is 1. The van der Waals surface area contributed by atoms with E-state index in [-0.39, 0.29) is 17.3 Å². The molecular weight excluding hydrogens is 460 g/mol. The van der Waals surface area contributed by atoms with Crippen molar-refractivity contribution in [3.8, 4) is 5.75 Å². The van der Waals surface area contributed by atoms with Crippen LogP contribution in [0.1, 0.15) is 34.0 Å². The highest BCUT2D eigenvalue weighted by Gasteiger charge is 2.23. The van der Waals surface area contributed by atoms with E-state index in [1.165, 1.54) is 42.7 Å². The van der Waals surface area contributed by atoms with E-state index in [1.807, 2.05) is 32.0 Å². The Labute approximate surface area is 200 Å². The summed E-state index contributed by atoms with van der Waals surface area (Å²) in [6.45, 7) is 4.01. The van der Waals surface area contributed by atoms with Crippen LogP contribution >= 0.6 is 11.6 Å². The molecule has 0 aromatic heterocycles. The molecule has 1 N–H and O–H groups in total. The molecule has 8 heteroatoms. The predicted octanol–water partition coefficient (Wildman–Crippen LogP) is 5.29. The van der Waals surface area contributed by atoms with E-state index in [9.17, 15) is 13.2 Å². The van der Waals surface area contributed by atoms with Gasteiger partial charge in [0.1, 0.15) is 5.75 Å². The van der Waals surface area contributed by atoms with Crippen molar-refractivity contribution in [2.45, 2.75) is 31.7 Å². The van der Waals surface area contributed by atoms with Gasteiger partial charge in [0.15, 0.2) is 0 Å². The third kappa shape index (κ3) is 5.55. The van der Waals surface area contributed by atoms with Crippen LogP contribution in [0.2, 0.25) is 5.02 Å². The fraction of sp³-hybridized carbons (Fsp3) is 0.240. The highest BCUT2D eigenvalue weighted by Crippen LogP contribution is 2.26. The molecule has 0 unspecified atom stereocenters. The second-order valence-electron chi connectivity index (χ2n) is 7.66. The van der Waals surface area contributed by atoms with Crippen LogP contribution in [0.5, 0.6) is 5.75 Å². The molecule has 0 aliphatic carbocycles. The van der Waals surface area contributed by atoms with E-state index in [1.54, 1.807) is 18.2 Å². The Hall–Kier alpha value is -2.87. The smallest absolute Gasteiger partial charge is 0.255 e. The molecule has 3 rings (SSSR count). The van der Waals surface area contributed by atoms with Gasteiger partial charge in [0, 0.05) is 35.4 Å². The predicted molar refractivity (Wildman–Crippen MR) is 132 cm³/mol. The Kier molecular flexibility index (Phi) is 7.79. The third-order valence-corrected chi connectivity index (χ3v) is 7.51. The lowest BCUT2D eigenvalue weighted by Gasteiger charge is -2.20. The number of halogens is 1. The number of hydrogen-bond acceptors (Lipinski definition) is 4. The minimum atomic E-state index is -3.76. The van der Waals surface area contributed by atoms with Crippen LogP contribution in [0, 0.1) is 6.92 Å². The first-order valence-corrected chi connectivity index (χ1v) is 12.3. The lowest BCUT2D eigenvalue weighted by molar-refractivity contribution is 0.102. The van der Waals surface area contributed by atoms with Gasteiger partial charge in [0.25, 0.3) is 5.91 Å². The molecule has 0 spiro atoms. The Bertz CT molecular complexity index is 1260. The van der Waals surface area contributed by atoms with Crippen molar-refractivity contribution in [1.82, 2.24) is 4.31 Å². The van der Waals surface area contributed by atoms with Crippen molar-refractivity contribution in [1.29, 1.82) is 0 Å². The number of sulfonamides is 1. The van der Waals surface area contributed by atoms with Gasteiger partial charge in [-0.25, -0.2) is 8.42 Å². The van der Waals surface area contributed by atoms with Gasteiger partial charge >= 0.3 is 0 Å². The molecule has 0 bridgehead atoms. The highest BCUT2D eigenvalue weighted by molar-refractivity contribution is 7.89. The zero-order valence-electron chi connectivity index (χ0n) is 19.1. The molecule has 0 radical (unpaired) electrons. The molecule has 174 valence electrons. The van der Waals surface area contributed by atoms with Gasteiger partial charge in [-0.3, -0.25) is 4.79 Å². The maximum atomic E-state index is 13.0. The zero-order valence-corrected chi connectivity index (χ0v) is 20.6. The van der Waals surface area contributed by atoms with Crippen molar-refractivity contribution in [2.75, 3.05) is 19.5 Å². The Morgan fingerprint density at radius 1 is 1.06 bits per heavy atom. The molecule has 0 aliphatic rings. The topological polar surface area (TPSA) is 75.7 Å². The first-order valence-electron chi connectivity index (χ1n) is 10.5. The van der Waals surface area contributed by atoms with Gasteiger partial charge < -0.3 is 10.1 Å². The number of anilines is 1. The maximum absolute atomic E-state index is 13.0. The van der Waals surface area contributed by atoms with Crippen LogP contribution in [0.25, 0.3) is 0 Å². The van der Waals surface area contributed by atoms with Crippen molar-refractivity contribution in [2.24, 2.45) is 0 Å². The van der Waals surface area contributed by atoms with Crippen molar-refractivity contribution >= 4 is 33.2 Å². The quantitative estimate of drug-likeness (QED) is 0.469. The van der Waals surface area contributed by atoms with E-state index in [0.29, 0.717) is 21.9 Å². The monoisotopic (exact) mass is 486 g/mol. The SMILES string of the molecule is CCc1cccc(C)c1NC(=O)c1ccc(OC)c(CN(C)S(=O)(=O)c2ccc(Cl)cc2)c1. The lowest BCUT2D eigenvalue weighted by atomic mass is 10.0. The maximum Gasteiger partial charge on any atom is 0.255 e. The van der Waals surface area contributed by atoms with Gasteiger partial charge in [-0.05, 0) is 66.9 Å². The van der Waals surface area contributed by atoms with Gasteiger partial charge in [-0.2, -0.15) is 4.31 Å². The van der Waals surface area contributed by atoms with Gasteiger partial charge in [0.2, 0.25) is 10.0 Å². The average molecular weight is 487 g/mol. The molecule has 0 heterocycles. The molecule has 0 aliphatic heterocycles. The molecular formula is C25H27ClN2O4S. The molecule has 0 saturated heterocycles. The van der Waals surface area contributed by atoms with Crippen molar-refractivity contribution in [3.63, 3.8) is 0 Å². The Balaban J connectivity index is 1.88. The molecule has 1 amide bonds. The summed E-state index contributed by atoms with van der Waals surface area (Å²) < 4.78 is 32.6. The summed E-state index contributed by atoms with van der Waals surface area (Å²) in [6, 6.07) is 16.9. The Morgan fingerprint density at radius 2 is 1.76 bits per heavy atom. The van der Waals surface area contributed by atoms with Crippen LogP contribution in [-0.4, -0.2) is 32.8 Å². The summed E-state index contributed by atoms with van der Waals surface area (Å²) in [7, 11) is -0.766. The summed E-state index contributed by atoms with van der Waals surface area (Å²) in [6.07, 6.45) is 0.790. The minimum absolute atomic E-state index is 0.0276. The average Bonchev–Trinajstić information content (AvgIpc) is 2.80. The summed E-state index contributed by atoms with van der Waals surface area (Å²) >= 11 is 5.88. The summed E-state index contributed by atoms with van der Waals surface area (Å²) in [5.74, 6) is 0.223. The number of carbonyl (C=O) groups is 1. The van der Waals surface area contributed by atoms with E-state index < -0.39 is 10.0 Å². The number of amides is 1. The minimum Gasteiger partial charge on any atom is -0.496 e. The second-order valence-corrected chi connectivity index (χ2v) is 10.1. The fourth-order valence-electron chi connectivity index (χ4n) is 3.54. The van der Waals surface area contributed by atoms with Gasteiger partial charge in [-0.15, -0.1) is 0 Å². The number of carbonyl (C=O) groups excluding carboxylic acids is 1. The summed E-state index contributed by atoms with van der Waals surface area (Å²) in [5.41, 5.74) is 3.81. The normalized spacial score (nSPS) is 11.5. The van der Waals surface area contributed by atoms with Crippen molar-refractivity contribution < 1.29 is 17.9 Å². The first-order chi connectivity index (χ1) is 15.7. The largest absolute Gasteiger partial charge is 0.496 e. The van der Waals surface area contributed by atoms with E-state index in [0.717, 1.165) is 23.2 Å². The third-order valence-electron chi connectivity index (χ3n) is 5.44. The Morgan fingerprint density at radius 3 is 2.39 bits per heavy atom. The number of para-hydroxylation sites is 1. The highest BCUT2D eigenvalue weighted by atomic mass is 35.5. The number of rotatable bonds is 8. The molecule has 3 aromatic carbocycles. The van der Waals surface area contributed by atoms with Crippen LogP contribution in [-0.2, 0) is 23.0 Å². The summed E-state index contributed by atoms with van der Waals surface area (Å²) in [5, 5.41) is 3.46. The standard InChI is InChI=1S/C25H27ClN2O4S/c1-5-18-8-6-7-17(2)24(18)27-25(29)19-9-14-23(32-4)20(15-19)16-28(3)33(30,31)22-12-10-21(26)11-13-22/h6-15H,5,16H2,1-4H3,(H,27,29). The number of aryl methyl sites for hydroxylation is 2. The van der Waals surface area contributed by atoms with Gasteiger partial charge in [-0.1, -0.05) is 36.7 Å². The number of nitrogens with one attached hydrogen (secondary N) is 1. The van der Waals surface area contributed by atoms with Gasteiger partial charge in [0.05, 0.1) is 12.0 Å². The molecule has 33 heavy (non-hydrogen) atoms. The summed E-state index contributed by atoms with van der Waals surface area (Å²) in [4.78, 5) is 13.2. The van der Waals surface area contributed by atoms with E-state index in [2.05, 4.69) is 5.32 Å². The number of ether oxygens (including phenoxy) is 1. The number of nitrogens with zero attached hydrogens (tertiary/aromatic N) is 1. The molecule has 6 nitrogen and oxygen atoms in total. The van der Waals surface area contributed by atoms with Crippen LogP contribution in [0.3, 0.4) is 0 Å². The van der Waals surface area contributed by atoms with E-state index >= 15 is 0 Å². The van der Waals surface area contributed by atoms with Crippen LogP contribution in [0.4, 0.5) is 5.69 Å². The molecule has 0 saturated carbocycles. The van der Waals surface area contributed by atoms with Crippen molar-refractivity contribution in [3.05, 3.63) is 87.9 Å². The number of hydrogen-bond donors (Lipinski definition) is 1. The molecule has 0 atom stereocenters. The number of benzene rings is 3. The first kappa shape index (κ1) is 24.8. The lowest BCUT2D eigenvalue weighted by Crippen LogP contribution is -2.27. The molecule has 3 aromatic rings. The molecule has 0 fully saturated rings.